The van der Waals surface area contributed by atoms with Crippen LogP contribution in [0.4, 0.5) is 10.3 Å². The smallest absolute Gasteiger partial charge is 0.243 e. The maximum absolute atomic E-state index is 12.8. The maximum Gasteiger partial charge on any atom is 0.243 e. The van der Waals surface area contributed by atoms with E-state index < -0.39 is 10.0 Å². The fourth-order valence-electron chi connectivity index (χ4n) is 1.57. The van der Waals surface area contributed by atoms with Crippen molar-refractivity contribution in [2.24, 2.45) is 0 Å². The zero-order valence-electron chi connectivity index (χ0n) is 11.4. The highest BCUT2D eigenvalue weighted by Gasteiger charge is 2.14. The van der Waals surface area contributed by atoms with E-state index in [4.69, 9.17) is 0 Å². The monoisotopic (exact) mass is 310 g/mol. The Balaban J connectivity index is 2.05. The van der Waals surface area contributed by atoms with Crippen LogP contribution in [-0.2, 0) is 16.6 Å². The van der Waals surface area contributed by atoms with E-state index in [0.29, 0.717) is 18.1 Å². The molecule has 0 atom stereocenters. The number of nitrogens with one attached hydrogen (secondary N) is 2. The zero-order valence-corrected chi connectivity index (χ0v) is 12.2. The fourth-order valence-corrected chi connectivity index (χ4v) is 2.47. The molecule has 0 radical (unpaired) electrons. The minimum atomic E-state index is -3.70. The summed E-state index contributed by atoms with van der Waals surface area (Å²) in [6.07, 6.45) is 2.47. The summed E-state index contributed by atoms with van der Waals surface area (Å²) in [7, 11) is -3.70. The number of hydrogen-bond acceptors (Lipinski definition) is 5. The van der Waals surface area contributed by atoms with E-state index in [1.54, 1.807) is 0 Å². The van der Waals surface area contributed by atoms with Crippen LogP contribution in [-0.4, -0.2) is 24.9 Å². The quantitative estimate of drug-likeness (QED) is 0.845. The van der Waals surface area contributed by atoms with Crippen molar-refractivity contribution >= 4 is 16.0 Å². The molecule has 0 spiro atoms. The average Bonchev–Trinajstić information content (AvgIpc) is 2.48. The Morgan fingerprint density at radius 1 is 1.14 bits per heavy atom. The Morgan fingerprint density at radius 3 is 2.33 bits per heavy atom. The molecule has 0 aliphatic rings. The van der Waals surface area contributed by atoms with E-state index in [0.717, 1.165) is 0 Å². The second-order valence-corrected chi connectivity index (χ2v) is 5.99. The van der Waals surface area contributed by atoms with Crippen molar-refractivity contribution < 1.29 is 12.8 Å². The molecule has 1 heterocycles. The van der Waals surface area contributed by atoms with Crippen LogP contribution in [0.5, 0.6) is 0 Å². The van der Waals surface area contributed by atoms with Gasteiger partial charge in [0.05, 0.1) is 12.4 Å². The van der Waals surface area contributed by atoms with Gasteiger partial charge in [0, 0.05) is 13.1 Å². The van der Waals surface area contributed by atoms with Gasteiger partial charge in [-0.3, -0.25) is 0 Å². The second kappa shape index (κ2) is 6.59. The fraction of sp³-hybridized carbons (Fsp3) is 0.231. The number of rotatable bonds is 6. The van der Waals surface area contributed by atoms with Crippen LogP contribution in [0.15, 0.2) is 41.6 Å². The molecule has 0 fully saturated rings. The molecule has 0 unspecified atom stereocenters. The lowest BCUT2D eigenvalue weighted by molar-refractivity contribution is 0.580. The maximum atomic E-state index is 12.8. The van der Waals surface area contributed by atoms with Gasteiger partial charge in [-0.05, 0) is 24.6 Å². The molecule has 21 heavy (non-hydrogen) atoms. The SMILES string of the molecule is CCNc1ncc(S(=O)(=O)NCc2ccc(F)cc2)cn1. The number of aromatic nitrogens is 2. The first-order valence-electron chi connectivity index (χ1n) is 6.31. The molecule has 1 aromatic heterocycles. The molecule has 1 aromatic carbocycles. The molecule has 0 bridgehead atoms. The molecule has 2 N–H and O–H groups in total. The zero-order chi connectivity index (χ0) is 15.3. The first-order valence-corrected chi connectivity index (χ1v) is 7.79. The van der Waals surface area contributed by atoms with Crippen molar-refractivity contribution in [3.05, 3.63) is 48.0 Å². The van der Waals surface area contributed by atoms with E-state index in [-0.39, 0.29) is 17.3 Å². The summed E-state index contributed by atoms with van der Waals surface area (Å²) in [6, 6.07) is 5.58. The van der Waals surface area contributed by atoms with Gasteiger partial charge in [-0.1, -0.05) is 12.1 Å². The van der Waals surface area contributed by atoms with Crippen molar-refractivity contribution in [2.45, 2.75) is 18.4 Å². The van der Waals surface area contributed by atoms with Crippen molar-refractivity contribution in [3.63, 3.8) is 0 Å². The Labute approximate surface area is 122 Å². The van der Waals surface area contributed by atoms with E-state index >= 15 is 0 Å². The molecule has 2 rings (SSSR count). The minimum Gasteiger partial charge on any atom is -0.355 e. The van der Waals surface area contributed by atoms with Gasteiger partial charge in [0.15, 0.2) is 0 Å². The molecule has 0 aliphatic carbocycles. The number of halogens is 1. The van der Waals surface area contributed by atoms with Crippen LogP contribution in [0.2, 0.25) is 0 Å². The predicted molar refractivity (Wildman–Crippen MR) is 76.6 cm³/mol. The van der Waals surface area contributed by atoms with E-state index in [1.807, 2.05) is 6.92 Å². The normalized spacial score (nSPS) is 11.3. The number of benzene rings is 1. The van der Waals surface area contributed by atoms with Crippen LogP contribution in [0.25, 0.3) is 0 Å². The third kappa shape index (κ3) is 4.20. The summed E-state index contributed by atoms with van der Waals surface area (Å²) < 4.78 is 39.3. The van der Waals surface area contributed by atoms with E-state index in [1.165, 1.54) is 36.7 Å². The molecule has 0 saturated heterocycles. The first-order chi connectivity index (χ1) is 10.0. The molecule has 0 amide bonds. The van der Waals surface area contributed by atoms with Crippen LogP contribution >= 0.6 is 0 Å². The van der Waals surface area contributed by atoms with Crippen molar-refractivity contribution in [1.29, 1.82) is 0 Å². The highest BCUT2D eigenvalue weighted by atomic mass is 32.2. The third-order valence-electron chi connectivity index (χ3n) is 2.65. The summed E-state index contributed by atoms with van der Waals surface area (Å²) in [5, 5.41) is 2.88. The van der Waals surface area contributed by atoms with Crippen LogP contribution < -0.4 is 10.0 Å². The van der Waals surface area contributed by atoms with Gasteiger partial charge in [-0.15, -0.1) is 0 Å². The van der Waals surface area contributed by atoms with Crippen molar-refractivity contribution in [3.8, 4) is 0 Å². The summed E-state index contributed by atoms with van der Waals surface area (Å²) in [4.78, 5) is 7.80. The van der Waals surface area contributed by atoms with Crippen LogP contribution in [0.1, 0.15) is 12.5 Å². The largest absolute Gasteiger partial charge is 0.355 e. The van der Waals surface area contributed by atoms with E-state index in [9.17, 15) is 12.8 Å². The average molecular weight is 310 g/mol. The lowest BCUT2D eigenvalue weighted by Crippen LogP contribution is -2.23. The highest BCUT2D eigenvalue weighted by Crippen LogP contribution is 2.09. The van der Waals surface area contributed by atoms with Gasteiger partial charge in [-0.2, -0.15) is 0 Å². The summed E-state index contributed by atoms with van der Waals surface area (Å²) >= 11 is 0. The van der Waals surface area contributed by atoms with Gasteiger partial charge in [0.1, 0.15) is 10.7 Å². The van der Waals surface area contributed by atoms with Crippen LogP contribution in [0.3, 0.4) is 0 Å². The third-order valence-corrected chi connectivity index (χ3v) is 4.01. The number of sulfonamides is 1. The highest BCUT2D eigenvalue weighted by molar-refractivity contribution is 7.89. The van der Waals surface area contributed by atoms with Gasteiger partial charge in [0.2, 0.25) is 16.0 Å². The van der Waals surface area contributed by atoms with Crippen molar-refractivity contribution in [1.82, 2.24) is 14.7 Å². The summed E-state index contributed by atoms with van der Waals surface area (Å²) in [5.41, 5.74) is 0.658. The molecule has 0 aliphatic heterocycles. The number of nitrogens with zero attached hydrogens (tertiary/aromatic N) is 2. The van der Waals surface area contributed by atoms with Gasteiger partial charge in [0.25, 0.3) is 0 Å². The standard InChI is InChI=1S/C13H15FN4O2S/c1-2-15-13-16-8-12(9-17-13)21(19,20)18-7-10-3-5-11(14)6-4-10/h3-6,8-9,18H,2,7H2,1H3,(H,15,16,17). The number of hydrogen-bond donors (Lipinski definition) is 2. The van der Waals surface area contributed by atoms with Gasteiger partial charge in [-0.25, -0.2) is 27.5 Å². The molecule has 6 nitrogen and oxygen atoms in total. The van der Waals surface area contributed by atoms with E-state index in [2.05, 4.69) is 20.0 Å². The lowest BCUT2D eigenvalue weighted by Gasteiger charge is -2.07. The van der Waals surface area contributed by atoms with Gasteiger partial charge >= 0.3 is 0 Å². The summed E-state index contributed by atoms with van der Waals surface area (Å²) in [5.74, 6) is 0.00371. The molecule has 0 saturated carbocycles. The molecule has 8 heteroatoms. The molecular formula is C13H15FN4O2S. The Morgan fingerprint density at radius 2 is 1.76 bits per heavy atom. The molecular weight excluding hydrogens is 295 g/mol. The minimum absolute atomic E-state index is 0.0220. The number of anilines is 1. The topological polar surface area (TPSA) is 84.0 Å². The predicted octanol–water partition coefficient (Wildman–Crippen LogP) is 1.53. The lowest BCUT2D eigenvalue weighted by atomic mass is 10.2. The molecule has 112 valence electrons. The second-order valence-electron chi connectivity index (χ2n) is 4.22. The first kappa shape index (κ1) is 15.3. The Bertz CT molecular complexity index is 687. The van der Waals surface area contributed by atoms with Crippen molar-refractivity contribution in [2.75, 3.05) is 11.9 Å². The summed E-state index contributed by atoms with van der Waals surface area (Å²) in [6.45, 7) is 2.60. The molecule has 2 aromatic rings. The Kier molecular flexibility index (Phi) is 4.81. The van der Waals surface area contributed by atoms with Crippen LogP contribution in [0, 0.1) is 5.82 Å². The Hall–Kier alpha value is -2.06. The van der Waals surface area contributed by atoms with Gasteiger partial charge < -0.3 is 5.32 Å².